The zero-order chi connectivity index (χ0) is 53.7. The second kappa shape index (κ2) is 21.3. The molecule has 0 N–H and O–H groups in total. The van der Waals surface area contributed by atoms with Crippen LogP contribution in [0.15, 0.2) is 192 Å². The molecule has 3 heterocycles. The summed E-state index contributed by atoms with van der Waals surface area (Å²) in [6.45, 7) is 15.6. The van der Waals surface area contributed by atoms with Crippen LogP contribution in [0.2, 0.25) is 0 Å². The molecule has 0 atom stereocenters. The molecule has 3 aromatic heterocycles. The minimum atomic E-state index is -2.35. The normalized spacial score (nSPS) is 12.4. The van der Waals surface area contributed by atoms with Gasteiger partial charge >= 0.3 is 0 Å². The van der Waals surface area contributed by atoms with Gasteiger partial charge in [0.1, 0.15) is 5.58 Å². The first kappa shape index (κ1) is 47.1. The Morgan fingerprint density at radius 1 is 0.480 bits per heavy atom. The van der Waals surface area contributed by atoms with Crippen LogP contribution in [0, 0.1) is 19.0 Å². The minimum absolute atomic E-state index is 0. The van der Waals surface area contributed by atoms with E-state index < -0.39 is 6.85 Å². The number of benzene rings is 9. The molecule has 0 aliphatic heterocycles. The van der Waals surface area contributed by atoms with E-state index in [0.717, 1.165) is 55.7 Å². The molecule has 6 heteroatoms. The molecule has 0 saturated carbocycles. The number of rotatable bonds is 10. The van der Waals surface area contributed by atoms with Gasteiger partial charge in [-0.2, -0.15) is 0 Å². The Balaban J connectivity index is 0.000000181. The Kier molecular flexibility index (Phi) is 13.4. The molecule has 0 saturated heterocycles. The van der Waals surface area contributed by atoms with Crippen LogP contribution < -0.4 is 0 Å². The van der Waals surface area contributed by atoms with Crippen molar-refractivity contribution < 1.29 is 28.6 Å². The van der Waals surface area contributed by atoms with Crippen LogP contribution in [-0.2, 0) is 20.1 Å². The fourth-order valence-electron chi connectivity index (χ4n) is 10.6. The van der Waals surface area contributed by atoms with Gasteiger partial charge in [-0.05, 0) is 92.9 Å². The maximum atomic E-state index is 8.39. The molecule has 0 bridgehead atoms. The van der Waals surface area contributed by atoms with Crippen LogP contribution in [-0.4, -0.2) is 19.1 Å². The summed E-state index contributed by atoms with van der Waals surface area (Å²) >= 11 is 0. The molecule has 12 aromatic rings. The monoisotopic (exact) mass is 1160 g/mol. The van der Waals surface area contributed by atoms with Crippen molar-refractivity contribution in [2.45, 2.75) is 85.9 Å². The Bertz CT molecular complexity index is 4060. The summed E-state index contributed by atoms with van der Waals surface area (Å²) < 4.78 is 36.4. The van der Waals surface area contributed by atoms with Crippen molar-refractivity contribution in [1.82, 2.24) is 19.1 Å². The van der Waals surface area contributed by atoms with Crippen LogP contribution in [0.3, 0.4) is 0 Å². The third-order valence-electron chi connectivity index (χ3n) is 14.3. The molecule has 0 spiro atoms. The number of hydrogen-bond acceptors (Lipinski definition) is 3. The first-order valence-electron chi connectivity index (χ1n) is 27.4. The second-order valence-corrected chi connectivity index (χ2v) is 20.5. The first-order chi connectivity index (χ1) is 37.2. The second-order valence-electron chi connectivity index (χ2n) is 20.5. The quantitative estimate of drug-likeness (QED) is 0.128. The summed E-state index contributed by atoms with van der Waals surface area (Å²) in [7, 11) is 0. The predicted molar refractivity (Wildman–Crippen MR) is 310 cm³/mol. The van der Waals surface area contributed by atoms with Gasteiger partial charge in [-0.15, -0.1) is 53.1 Å². The van der Waals surface area contributed by atoms with Gasteiger partial charge in [-0.1, -0.05) is 207 Å². The molecule has 0 amide bonds. The van der Waals surface area contributed by atoms with Gasteiger partial charge in [0.05, 0.1) is 39.3 Å². The number of hydrogen-bond donors (Lipinski definition) is 0. The molecule has 375 valence electrons. The smallest absolute Gasteiger partial charge is 0.121 e. The number of nitrogens with zero attached hydrogens (tertiary/aromatic N) is 4. The van der Waals surface area contributed by atoms with Gasteiger partial charge in [-0.3, -0.25) is 9.97 Å². The molecule has 0 aliphatic carbocycles. The van der Waals surface area contributed by atoms with Gasteiger partial charge in [0.15, 0.2) is 0 Å². The molecule has 0 aliphatic rings. The standard InChI is InChI=1S/C38H33N2O.C31H29N2.Ir/c1-23(2)28-14-11-15-29(24(3)4)36(28)40-33-17-10-9-16-32(33)39-38(40)31-20-18-25(5)35-30-21-19-27(22-34(30)41-37(31)35)26-12-7-6-8-13-26;1-21(2)26-16-11-17-27(22(3)4)30(26)33-29-19-9-8-18-28(29)32-31(33)25-15-10-14-24(20-25)23-12-6-5-7-13-23;/h6-19,21-24H,1-5H3;5-14,16-22H,1-4H3;/q2*-1;/i5D3;;. The maximum Gasteiger partial charge on any atom is 0.121 e. The number of aromatic nitrogens is 4. The van der Waals surface area contributed by atoms with Crippen LogP contribution in [0.1, 0.15) is 111 Å². The molecule has 75 heavy (non-hydrogen) atoms. The molecule has 9 aromatic carbocycles. The van der Waals surface area contributed by atoms with Crippen LogP contribution in [0.5, 0.6) is 0 Å². The summed E-state index contributed by atoms with van der Waals surface area (Å²) in [6.07, 6.45) is 0. The van der Waals surface area contributed by atoms with E-state index in [-0.39, 0.29) is 37.5 Å². The summed E-state index contributed by atoms with van der Waals surface area (Å²) in [5.74, 6) is 2.93. The summed E-state index contributed by atoms with van der Waals surface area (Å²) in [4.78, 5) is 10.3. The number of imidazole rings is 2. The van der Waals surface area contributed by atoms with Crippen LogP contribution in [0.4, 0.5) is 0 Å². The van der Waals surface area contributed by atoms with Gasteiger partial charge in [0.2, 0.25) is 0 Å². The molecular formula is C69H62IrN4O-2. The van der Waals surface area contributed by atoms with Gasteiger partial charge in [0, 0.05) is 41.0 Å². The van der Waals surface area contributed by atoms with Crippen LogP contribution >= 0.6 is 0 Å². The Hall–Kier alpha value is -7.63. The van der Waals surface area contributed by atoms with Gasteiger partial charge < -0.3 is 13.6 Å². The van der Waals surface area contributed by atoms with E-state index in [0.29, 0.717) is 39.8 Å². The van der Waals surface area contributed by atoms with E-state index >= 15 is 0 Å². The molecule has 1 radical (unpaired) electrons. The SMILES string of the molecule is CC(C)c1cccc(C(C)C)c1-n1c(-c2[c-]ccc(-c3ccccc3)c2)nc2ccccc21.[2H]C([2H])([2H])c1c[c-]c(-c2nc3ccccc3n2-c2c(C(C)C)cccc2C(C)C)c2oc3cc(-c4ccccc4)ccc3c12.[Ir]. The van der Waals surface area contributed by atoms with Crippen molar-refractivity contribution in [2.24, 2.45) is 0 Å². The van der Waals surface area contributed by atoms with Crippen LogP contribution in [0.25, 0.3) is 100 Å². The van der Waals surface area contributed by atoms with Gasteiger partial charge in [0.25, 0.3) is 0 Å². The number of para-hydroxylation sites is 6. The third-order valence-corrected chi connectivity index (χ3v) is 14.3. The van der Waals surface area contributed by atoms with E-state index in [4.69, 9.17) is 18.5 Å². The average Bonchev–Trinajstić information content (AvgIpc) is 4.36. The van der Waals surface area contributed by atoms with E-state index in [1.54, 1.807) is 6.07 Å². The molecule has 0 fully saturated rings. The van der Waals surface area contributed by atoms with Crippen molar-refractivity contribution in [3.05, 3.63) is 228 Å². The zero-order valence-electron chi connectivity index (χ0n) is 46.7. The summed E-state index contributed by atoms with van der Waals surface area (Å²) in [5, 5.41) is 1.34. The van der Waals surface area contributed by atoms with Crippen molar-refractivity contribution in [1.29, 1.82) is 0 Å². The van der Waals surface area contributed by atoms with Crippen molar-refractivity contribution in [2.75, 3.05) is 0 Å². The molecular weight excluding hydrogens is 1090 g/mol. The fourth-order valence-corrected chi connectivity index (χ4v) is 10.6. The van der Waals surface area contributed by atoms with E-state index in [1.165, 1.54) is 39.1 Å². The van der Waals surface area contributed by atoms with E-state index in [1.807, 2.05) is 60.7 Å². The topological polar surface area (TPSA) is 48.8 Å². The van der Waals surface area contributed by atoms with Crippen molar-refractivity contribution >= 4 is 44.0 Å². The number of furan rings is 1. The average molecular weight is 1160 g/mol. The van der Waals surface area contributed by atoms with Gasteiger partial charge in [-0.25, -0.2) is 0 Å². The Morgan fingerprint density at radius 3 is 1.48 bits per heavy atom. The molecule has 0 unspecified atom stereocenters. The first-order valence-corrected chi connectivity index (χ1v) is 25.9. The summed E-state index contributed by atoms with van der Waals surface area (Å²) in [6, 6.07) is 71.1. The molecule has 12 rings (SSSR count). The maximum absolute atomic E-state index is 8.39. The zero-order valence-corrected chi connectivity index (χ0v) is 46.1. The van der Waals surface area contributed by atoms with E-state index in [2.05, 4.69) is 198 Å². The Morgan fingerprint density at radius 2 is 0.960 bits per heavy atom. The predicted octanol–water partition coefficient (Wildman–Crippen LogP) is 19.0. The minimum Gasteiger partial charge on any atom is -0.501 e. The van der Waals surface area contributed by atoms with E-state index in [9.17, 15) is 0 Å². The molecule has 5 nitrogen and oxygen atoms in total. The third kappa shape index (κ3) is 9.47. The van der Waals surface area contributed by atoms with Crippen molar-refractivity contribution in [3.8, 4) is 56.4 Å². The number of aryl methyl sites for hydroxylation is 1. The summed E-state index contributed by atoms with van der Waals surface area (Å²) in [5.41, 5.74) is 18.8. The van der Waals surface area contributed by atoms with Crippen molar-refractivity contribution in [3.63, 3.8) is 0 Å². The Labute approximate surface area is 459 Å². The number of fused-ring (bicyclic) bond motifs is 5. The fraction of sp³-hybridized carbons (Fsp3) is 0.188. The largest absolute Gasteiger partial charge is 0.501 e.